The Morgan fingerprint density at radius 3 is 2.17 bits per heavy atom. The summed E-state index contributed by atoms with van der Waals surface area (Å²) in [4.78, 5) is 24.7. The molecule has 0 spiro atoms. The van der Waals surface area contributed by atoms with Crippen LogP contribution in [0.1, 0.15) is 31.9 Å². The van der Waals surface area contributed by atoms with Gasteiger partial charge in [-0.2, -0.15) is 0 Å². The molecule has 0 fully saturated rings. The Balaban J connectivity index is 2.27. The van der Waals surface area contributed by atoms with Crippen molar-refractivity contribution in [2.45, 2.75) is 45.1 Å². The summed E-state index contributed by atoms with van der Waals surface area (Å²) in [5.41, 5.74) is 0.942. The van der Waals surface area contributed by atoms with Crippen LogP contribution >= 0.6 is 0 Å². The van der Waals surface area contributed by atoms with Crippen molar-refractivity contribution in [1.82, 2.24) is 5.32 Å². The number of methoxy groups -OCH3 is 1. The fraction of sp³-hybridized carbons (Fsp3) is 0.333. The zero-order chi connectivity index (χ0) is 22.0. The van der Waals surface area contributed by atoms with Gasteiger partial charge < -0.3 is 19.5 Å². The van der Waals surface area contributed by atoms with Gasteiger partial charge in [-0.25, -0.2) is 9.59 Å². The maximum atomic E-state index is 12.4. The molecule has 0 unspecified atom stereocenters. The smallest absolute Gasteiger partial charge is 0.408 e. The van der Waals surface area contributed by atoms with Crippen LogP contribution in [0.2, 0.25) is 0 Å². The quantitative estimate of drug-likeness (QED) is 0.582. The van der Waals surface area contributed by atoms with Gasteiger partial charge in [-0.1, -0.05) is 60.4 Å². The van der Waals surface area contributed by atoms with E-state index in [1.807, 2.05) is 60.7 Å². The van der Waals surface area contributed by atoms with Crippen molar-refractivity contribution in [3.8, 4) is 11.8 Å². The molecule has 0 saturated carbocycles. The minimum absolute atomic E-state index is 0.207. The average Bonchev–Trinajstić information content (AvgIpc) is 2.72. The predicted octanol–water partition coefficient (Wildman–Crippen LogP) is 3.69. The third-order valence-corrected chi connectivity index (χ3v) is 3.84. The van der Waals surface area contributed by atoms with Gasteiger partial charge in [0.1, 0.15) is 11.7 Å². The molecule has 30 heavy (non-hydrogen) atoms. The maximum Gasteiger partial charge on any atom is 0.408 e. The topological polar surface area (TPSA) is 73.9 Å². The van der Waals surface area contributed by atoms with Crippen LogP contribution in [-0.2, 0) is 25.6 Å². The van der Waals surface area contributed by atoms with Crippen molar-refractivity contribution in [2.75, 3.05) is 7.11 Å². The highest BCUT2D eigenvalue weighted by Crippen LogP contribution is 2.11. The van der Waals surface area contributed by atoms with Gasteiger partial charge in [-0.05, 0) is 38.5 Å². The van der Waals surface area contributed by atoms with Crippen molar-refractivity contribution in [3.05, 3.63) is 71.8 Å². The number of carbonyl (C=O) groups excluding carboxylic acids is 2. The Hall–Kier alpha value is -3.30. The van der Waals surface area contributed by atoms with Crippen molar-refractivity contribution >= 4 is 12.1 Å². The molecule has 2 atom stereocenters. The van der Waals surface area contributed by atoms with Crippen LogP contribution in [0.15, 0.2) is 60.7 Å². The van der Waals surface area contributed by atoms with Gasteiger partial charge in [-0.15, -0.1) is 0 Å². The summed E-state index contributed by atoms with van der Waals surface area (Å²) >= 11 is 0. The number of nitrogens with one attached hydrogen (secondary N) is 1. The molecule has 6 nitrogen and oxygen atoms in total. The van der Waals surface area contributed by atoms with E-state index in [0.717, 1.165) is 11.1 Å². The number of esters is 1. The van der Waals surface area contributed by atoms with Crippen LogP contribution in [0.5, 0.6) is 0 Å². The van der Waals surface area contributed by atoms with Crippen LogP contribution in [0.4, 0.5) is 4.79 Å². The number of alkyl carbamates (subject to hydrolysis) is 1. The lowest BCUT2D eigenvalue weighted by molar-refractivity contribution is -0.146. The first kappa shape index (κ1) is 23.0. The Labute approximate surface area is 177 Å². The summed E-state index contributed by atoms with van der Waals surface area (Å²) in [6, 6.07) is 17.6. The second kappa shape index (κ2) is 11.0. The second-order valence-electron chi connectivity index (χ2n) is 7.50. The number of carbonyl (C=O) groups is 2. The minimum atomic E-state index is -1.16. The standard InChI is InChI=1S/C24H27NO5/c1-24(2,3)30-23(27)25-21(22(26)28-4)20(16-15-18-11-7-5-8-12-18)29-17-19-13-9-6-10-14-19/h5-14,20-21H,17H2,1-4H3,(H,25,27)/t20-,21-/m1/s1. The molecule has 2 aromatic rings. The molecule has 0 aromatic heterocycles. The molecule has 158 valence electrons. The minimum Gasteiger partial charge on any atom is -0.467 e. The normalized spacial score (nSPS) is 12.7. The average molecular weight is 409 g/mol. The summed E-state index contributed by atoms with van der Waals surface area (Å²) < 4.78 is 16.1. The van der Waals surface area contributed by atoms with Crippen molar-refractivity contribution in [1.29, 1.82) is 0 Å². The number of amides is 1. The summed E-state index contributed by atoms with van der Waals surface area (Å²) in [6.07, 6.45) is -1.71. The molecule has 0 heterocycles. The number of ether oxygens (including phenoxy) is 3. The molecule has 0 aliphatic heterocycles. The SMILES string of the molecule is COC(=O)[C@H](NC(=O)OC(C)(C)C)[C@@H](C#Cc1ccccc1)OCc1ccccc1. The number of rotatable bonds is 6. The summed E-state index contributed by atoms with van der Waals surface area (Å²) in [5, 5.41) is 2.53. The molecule has 0 aliphatic rings. The molecule has 2 rings (SSSR count). The van der Waals surface area contributed by atoms with Gasteiger partial charge in [-0.3, -0.25) is 0 Å². The lowest BCUT2D eigenvalue weighted by Crippen LogP contribution is -2.51. The largest absolute Gasteiger partial charge is 0.467 e. The fourth-order valence-corrected chi connectivity index (χ4v) is 2.48. The van der Waals surface area contributed by atoms with Crippen molar-refractivity contribution < 1.29 is 23.8 Å². The van der Waals surface area contributed by atoms with E-state index in [0.29, 0.717) is 0 Å². The van der Waals surface area contributed by atoms with Gasteiger partial charge >= 0.3 is 12.1 Å². The van der Waals surface area contributed by atoms with E-state index < -0.39 is 29.8 Å². The van der Waals surface area contributed by atoms with Gasteiger partial charge in [0, 0.05) is 5.56 Å². The Kier molecular flexibility index (Phi) is 8.45. The van der Waals surface area contributed by atoms with Crippen molar-refractivity contribution in [2.24, 2.45) is 0 Å². The second-order valence-corrected chi connectivity index (χ2v) is 7.50. The first-order chi connectivity index (χ1) is 14.3. The first-order valence-electron chi connectivity index (χ1n) is 9.58. The number of hydrogen-bond donors (Lipinski definition) is 1. The summed E-state index contributed by atoms with van der Waals surface area (Å²) in [6.45, 7) is 5.41. The lowest BCUT2D eigenvalue weighted by Gasteiger charge is -2.25. The Morgan fingerprint density at radius 2 is 1.60 bits per heavy atom. The Bertz CT molecular complexity index is 879. The van der Waals surface area contributed by atoms with E-state index in [9.17, 15) is 9.59 Å². The predicted molar refractivity (Wildman–Crippen MR) is 114 cm³/mol. The van der Waals surface area contributed by atoms with Gasteiger partial charge in [0.05, 0.1) is 13.7 Å². The van der Waals surface area contributed by atoms with Gasteiger partial charge in [0.25, 0.3) is 0 Å². The van der Waals surface area contributed by atoms with E-state index in [1.54, 1.807) is 20.8 Å². The van der Waals surface area contributed by atoms with Crippen molar-refractivity contribution in [3.63, 3.8) is 0 Å². The van der Waals surface area contributed by atoms with Gasteiger partial charge in [0.15, 0.2) is 6.04 Å². The molecule has 2 aromatic carbocycles. The Morgan fingerprint density at radius 1 is 1.00 bits per heavy atom. The first-order valence-corrected chi connectivity index (χ1v) is 9.58. The zero-order valence-corrected chi connectivity index (χ0v) is 17.7. The fourth-order valence-electron chi connectivity index (χ4n) is 2.48. The zero-order valence-electron chi connectivity index (χ0n) is 17.7. The van der Waals surface area contributed by atoms with E-state index >= 15 is 0 Å². The molecular formula is C24H27NO5. The molecule has 1 amide bonds. The summed E-state index contributed by atoms with van der Waals surface area (Å²) in [5.74, 6) is 5.25. The van der Waals surface area contributed by atoms with E-state index in [4.69, 9.17) is 14.2 Å². The lowest BCUT2D eigenvalue weighted by atomic mass is 10.1. The molecule has 0 bridgehead atoms. The monoisotopic (exact) mass is 409 g/mol. The van der Waals surface area contributed by atoms with E-state index in [1.165, 1.54) is 7.11 Å². The van der Waals surface area contributed by atoms with E-state index in [-0.39, 0.29) is 6.61 Å². The van der Waals surface area contributed by atoms with E-state index in [2.05, 4.69) is 17.2 Å². The van der Waals surface area contributed by atoms with Crippen LogP contribution in [0, 0.1) is 11.8 Å². The third kappa shape index (κ3) is 7.98. The van der Waals surface area contributed by atoms with Crippen LogP contribution in [0.3, 0.4) is 0 Å². The van der Waals surface area contributed by atoms with Crippen LogP contribution < -0.4 is 5.32 Å². The molecule has 6 heteroatoms. The number of hydrogen-bond acceptors (Lipinski definition) is 5. The number of benzene rings is 2. The molecular weight excluding hydrogens is 382 g/mol. The van der Waals surface area contributed by atoms with Gasteiger partial charge in [0.2, 0.25) is 0 Å². The molecule has 1 N–H and O–H groups in total. The van der Waals surface area contributed by atoms with Crippen LogP contribution in [-0.4, -0.2) is 36.9 Å². The molecule has 0 radical (unpaired) electrons. The maximum absolute atomic E-state index is 12.4. The highest BCUT2D eigenvalue weighted by atomic mass is 16.6. The highest BCUT2D eigenvalue weighted by molar-refractivity contribution is 5.82. The third-order valence-electron chi connectivity index (χ3n) is 3.84. The van der Waals surface area contributed by atoms with Crippen LogP contribution in [0.25, 0.3) is 0 Å². The molecule has 0 saturated heterocycles. The molecule has 0 aliphatic carbocycles. The summed E-state index contributed by atoms with van der Waals surface area (Å²) in [7, 11) is 1.24. The highest BCUT2D eigenvalue weighted by Gasteiger charge is 2.32.